The summed E-state index contributed by atoms with van der Waals surface area (Å²) >= 11 is 0. The van der Waals surface area contributed by atoms with Gasteiger partial charge in [0.15, 0.2) is 0 Å². The number of aryl methyl sites for hydroxylation is 1. The minimum absolute atomic E-state index is 0.218. The molecule has 2 heterocycles. The lowest BCUT2D eigenvalue weighted by Crippen LogP contribution is -2.13. The van der Waals surface area contributed by atoms with Crippen molar-refractivity contribution in [1.82, 2.24) is 20.0 Å². The third kappa shape index (κ3) is 2.81. The van der Waals surface area contributed by atoms with Crippen LogP contribution in [0, 0.1) is 0 Å². The molecule has 6 heteroatoms. The van der Waals surface area contributed by atoms with E-state index in [4.69, 9.17) is 5.73 Å². The molecule has 0 bridgehead atoms. The quantitative estimate of drug-likeness (QED) is 0.500. The topological polar surface area (TPSA) is 89.6 Å². The number of aromatic amines is 1. The van der Waals surface area contributed by atoms with Crippen LogP contribution in [0.3, 0.4) is 0 Å². The van der Waals surface area contributed by atoms with E-state index in [-0.39, 0.29) is 12.1 Å². The Hall–Kier alpha value is -3.77. The number of benzene rings is 3. The zero-order valence-corrected chi connectivity index (χ0v) is 15.9. The Balaban J connectivity index is 1.73. The van der Waals surface area contributed by atoms with Gasteiger partial charge in [-0.15, -0.1) is 0 Å². The van der Waals surface area contributed by atoms with Crippen molar-refractivity contribution in [2.24, 2.45) is 12.8 Å². The average Bonchev–Trinajstić information content (AvgIpc) is 3.15. The van der Waals surface area contributed by atoms with Gasteiger partial charge in [0, 0.05) is 30.1 Å². The molecular weight excluding hydrogens is 362 g/mol. The molecule has 2 aromatic heterocycles. The van der Waals surface area contributed by atoms with Crippen LogP contribution >= 0.6 is 0 Å². The average molecular weight is 381 g/mol. The highest BCUT2D eigenvalue weighted by Crippen LogP contribution is 2.34. The van der Waals surface area contributed by atoms with E-state index in [1.807, 2.05) is 48.3 Å². The second-order valence-corrected chi connectivity index (χ2v) is 7.06. The zero-order valence-electron chi connectivity index (χ0n) is 15.9. The molecule has 5 rings (SSSR count). The fraction of sp³-hybridized carbons (Fsp3) is 0.0870. The van der Waals surface area contributed by atoms with E-state index in [1.165, 1.54) is 10.8 Å². The number of rotatable bonds is 3. The van der Waals surface area contributed by atoms with Gasteiger partial charge < -0.3 is 5.73 Å². The monoisotopic (exact) mass is 381 g/mol. The van der Waals surface area contributed by atoms with Gasteiger partial charge in [0.25, 0.3) is 5.56 Å². The maximum Gasteiger partial charge on any atom is 0.272 e. The SMILES string of the molecule is Cn1ncc(-c2ccc3c(=O)[nH]nc(CN)c3c2)c1-c1ccc2ccccc2c1. The molecule has 0 aliphatic heterocycles. The molecule has 29 heavy (non-hydrogen) atoms. The second kappa shape index (κ2) is 6.68. The van der Waals surface area contributed by atoms with Crippen molar-refractivity contribution in [2.45, 2.75) is 6.54 Å². The number of fused-ring (bicyclic) bond motifs is 2. The van der Waals surface area contributed by atoms with E-state index >= 15 is 0 Å². The van der Waals surface area contributed by atoms with Crippen LogP contribution in [0.5, 0.6) is 0 Å². The molecule has 0 fully saturated rings. The van der Waals surface area contributed by atoms with Gasteiger partial charge >= 0.3 is 0 Å². The molecule has 3 N–H and O–H groups in total. The maximum atomic E-state index is 12.1. The van der Waals surface area contributed by atoms with Crippen LogP contribution in [0.1, 0.15) is 5.69 Å². The number of nitrogens with zero attached hydrogens (tertiary/aromatic N) is 3. The molecule has 3 aromatic carbocycles. The first-order valence-electron chi connectivity index (χ1n) is 9.38. The molecular formula is C23H19N5O. The molecule has 0 amide bonds. The van der Waals surface area contributed by atoms with Gasteiger partial charge in [0.2, 0.25) is 0 Å². The Kier molecular flexibility index (Phi) is 4.00. The number of H-pyrrole nitrogens is 1. The third-order valence-corrected chi connectivity index (χ3v) is 5.33. The van der Waals surface area contributed by atoms with E-state index in [9.17, 15) is 4.79 Å². The third-order valence-electron chi connectivity index (χ3n) is 5.33. The molecule has 5 aromatic rings. The summed E-state index contributed by atoms with van der Waals surface area (Å²) in [6.45, 7) is 0.251. The Bertz CT molecular complexity index is 1430. The van der Waals surface area contributed by atoms with Gasteiger partial charge in [0.1, 0.15) is 0 Å². The predicted molar refractivity (Wildman–Crippen MR) is 115 cm³/mol. The Morgan fingerprint density at radius 1 is 0.966 bits per heavy atom. The van der Waals surface area contributed by atoms with Crippen molar-refractivity contribution in [2.75, 3.05) is 0 Å². The van der Waals surface area contributed by atoms with E-state index < -0.39 is 0 Å². The minimum Gasteiger partial charge on any atom is -0.325 e. The highest BCUT2D eigenvalue weighted by atomic mass is 16.1. The standard InChI is InChI=1S/C23H19N5O/c1-28-22(17-7-6-14-4-2-3-5-15(14)10-17)20(13-25-28)16-8-9-18-19(11-16)21(12-24)26-27-23(18)29/h2-11,13H,12,24H2,1H3,(H,27,29). The van der Waals surface area contributed by atoms with Crippen LogP contribution < -0.4 is 11.3 Å². The predicted octanol–water partition coefficient (Wildman–Crippen LogP) is 3.60. The van der Waals surface area contributed by atoms with E-state index in [0.29, 0.717) is 11.1 Å². The van der Waals surface area contributed by atoms with Crippen LogP contribution in [-0.4, -0.2) is 20.0 Å². The highest BCUT2D eigenvalue weighted by molar-refractivity contribution is 5.93. The first-order valence-corrected chi connectivity index (χ1v) is 9.38. The number of nitrogens with two attached hydrogens (primary N) is 1. The molecule has 0 aliphatic carbocycles. The fourth-order valence-corrected chi connectivity index (χ4v) is 3.87. The summed E-state index contributed by atoms with van der Waals surface area (Å²) in [5.41, 5.74) is 10.3. The van der Waals surface area contributed by atoms with Gasteiger partial charge in [-0.2, -0.15) is 10.2 Å². The first-order chi connectivity index (χ1) is 14.2. The maximum absolute atomic E-state index is 12.1. The summed E-state index contributed by atoms with van der Waals surface area (Å²) < 4.78 is 1.88. The van der Waals surface area contributed by atoms with Gasteiger partial charge in [-0.3, -0.25) is 9.48 Å². The highest BCUT2D eigenvalue weighted by Gasteiger charge is 2.15. The van der Waals surface area contributed by atoms with Crippen LogP contribution in [0.2, 0.25) is 0 Å². The molecule has 0 unspecified atom stereocenters. The normalized spacial score (nSPS) is 11.4. The molecule has 0 radical (unpaired) electrons. The van der Waals surface area contributed by atoms with Crippen LogP contribution in [0.25, 0.3) is 43.9 Å². The van der Waals surface area contributed by atoms with Crippen molar-refractivity contribution in [1.29, 1.82) is 0 Å². The van der Waals surface area contributed by atoms with Crippen molar-refractivity contribution < 1.29 is 0 Å². The summed E-state index contributed by atoms with van der Waals surface area (Å²) in [6, 6.07) is 20.4. The molecule has 0 aliphatic rings. The van der Waals surface area contributed by atoms with Crippen LogP contribution in [0.15, 0.2) is 71.7 Å². The van der Waals surface area contributed by atoms with Crippen LogP contribution in [-0.2, 0) is 13.6 Å². The molecule has 0 saturated heterocycles. The number of hydrogen-bond acceptors (Lipinski definition) is 4. The molecule has 142 valence electrons. The Morgan fingerprint density at radius 3 is 2.59 bits per heavy atom. The van der Waals surface area contributed by atoms with E-state index in [1.54, 1.807) is 0 Å². The fourth-order valence-electron chi connectivity index (χ4n) is 3.87. The van der Waals surface area contributed by atoms with E-state index in [0.717, 1.165) is 27.8 Å². The van der Waals surface area contributed by atoms with Gasteiger partial charge in [-0.05, 0) is 34.5 Å². The Labute approximate surface area is 166 Å². The smallest absolute Gasteiger partial charge is 0.272 e. The van der Waals surface area contributed by atoms with Gasteiger partial charge in [-0.1, -0.05) is 42.5 Å². The molecule has 0 saturated carbocycles. The summed E-state index contributed by atoms with van der Waals surface area (Å²) in [7, 11) is 1.94. The Morgan fingerprint density at radius 2 is 1.76 bits per heavy atom. The van der Waals surface area contributed by atoms with Gasteiger partial charge in [-0.25, -0.2) is 5.10 Å². The largest absolute Gasteiger partial charge is 0.325 e. The van der Waals surface area contributed by atoms with Crippen molar-refractivity contribution >= 4 is 21.5 Å². The summed E-state index contributed by atoms with van der Waals surface area (Å²) in [5.74, 6) is 0. The number of aromatic nitrogens is 4. The van der Waals surface area contributed by atoms with E-state index in [2.05, 4.69) is 45.6 Å². The molecule has 0 spiro atoms. The van der Waals surface area contributed by atoms with Crippen LogP contribution in [0.4, 0.5) is 0 Å². The lowest BCUT2D eigenvalue weighted by molar-refractivity contribution is 0.776. The minimum atomic E-state index is -0.218. The second-order valence-electron chi connectivity index (χ2n) is 7.06. The summed E-state index contributed by atoms with van der Waals surface area (Å²) in [5, 5.41) is 14.8. The molecule has 6 nitrogen and oxygen atoms in total. The van der Waals surface area contributed by atoms with Crippen molar-refractivity contribution in [3.63, 3.8) is 0 Å². The summed E-state index contributed by atoms with van der Waals surface area (Å²) in [4.78, 5) is 12.1. The summed E-state index contributed by atoms with van der Waals surface area (Å²) in [6.07, 6.45) is 1.86. The lowest BCUT2D eigenvalue weighted by Gasteiger charge is -2.10. The van der Waals surface area contributed by atoms with Crippen molar-refractivity contribution in [3.05, 3.63) is 82.9 Å². The zero-order chi connectivity index (χ0) is 20.0. The first kappa shape index (κ1) is 17.3. The number of hydrogen-bond donors (Lipinski definition) is 2. The lowest BCUT2D eigenvalue weighted by atomic mass is 9.97. The number of nitrogens with one attached hydrogen (secondary N) is 1. The van der Waals surface area contributed by atoms with Gasteiger partial charge in [0.05, 0.1) is 23.0 Å². The molecule has 0 atom stereocenters. The van der Waals surface area contributed by atoms with Crippen molar-refractivity contribution in [3.8, 4) is 22.4 Å².